The fourth-order valence-electron chi connectivity index (χ4n) is 3.30. The predicted octanol–water partition coefficient (Wildman–Crippen LogP) is -0.580. The maximum absolute atomic E-state index is 12.3. The van der Waals surface area contributed by atoms with E-state index in [0.29, 0.717) is 11.4 Å². The fourth-order valence-corrected chi connectivity index (χ4v) is 3.30. The van der Waals surface area contributed by atoms with Crippen LogP contribution in [0.1, 0.15) is 10.4 Å². The van der Waals surface area contributed by atoms with E-state index in [2.05, 4.69) is 10.3 Å². The number of nitrogens with one attached hydrogen (secondary N) is 1. The highest BCUT2D eigenvalue weighted by molar-refractivity contribution is 5.99. The van der Waals surface area contributed by atoms with Crippen molar-refractivity contribution in [2.75, 3.05) is 38.6 Å². The van der Waals surface area contributed by atoms with Gasteiger partial charge in [0.1, 0.15) is 11.2 Å². The number of amides is 2. The van der Waals surface area contributed by atoms with Gasteiger partial charge in [-0.15, -0.1) is 0 Å². The number of carboxylic acid groups (broad SMARTS) is 1. The molecule has 2 atom stereocenters. The largest absolute Gasteiger partial charge is 0.481 e. The molecule has 2 amide bonds. The topological polar surface area (TPSA) is 103 Å². The summed E-state index contributed by atoms with van der Waals surface area (Å²) in [6, 6.07) is 3.32. The van der Waals surface area contributed by atoms with Gasteiger partial charge in [-0.1, -0.05) is 0 Å². The van der Waals surface area contributed by atoms with Crippen LogP contribution in [0.2, 0.25) is 0 Å². The Morgan fingerprint density at radius 3 is 2.83 bits per heavy atom. The van der Waals surface area contributed by atoms with Crippen molar-refractivity contribution in [3.8, 4) is 0 Å². The van der Waals surface area contributed by atoms with Crippen LogP contribution in [0.4, 0.5) is 5.82 Å². The fraction of sp³-hybridized carbons (Fsp3) is 0.467. The number of fused-ring (bicyclic) bond motifs is 1. The van der Waals surface area contributed by atoms with Crippen LogP contribution in [-0.2, 0) is 9.59 Å². The van der Waals surface area contributed by atoms with Gasteiger partial charge in [-0.2, -0.15) is 0 Å². The molecule has 2 fully saturated rings. The van der Waals surface area contributed by atoms with Crippen molar-refractivity contribution in [2.24, 2.45) is 11.3 Å². The summed E-state index contributed by atoms with van der Waals surface area (Å²) in [4.78, 5) is 43.5. The molecular formula is C15H18N4O4. The summed E-state index contributed by atoms with van der Waals surface area (Å²) in [5.41, 5.74) is -0.758. The maximum Gasteiger partial charge on any atom is 0.314 e. The average molecular weight is 318 g/mol. The zero-order valence-electron chi connectivity index (χ0n) is 12.9. The summed E-state index contributed by atoms with van der Waals surface area (Å²) in [5, 5.41) is 12.2. The lowest BCUT2D eigenvalue weighted by atomic mass is 9.81. The normalized spacial score (nSPS) is 25.9. The van der Waals surface area contributed by atoms with Crippen molar-refractivity contribution in [1.29, 1.82) is 0 Å². The molecule has 122 valence electrons. The third kappa shape index (κ3) is 2.21. The van der Waals surface area contributed by atoms with Gasteiger partial charge < -0.3 is 20.2 Å². The molecule has 0 saturated carbocycles. The van der Waals surface area contributed by atoms with Crippen molar-refractivity contribution < 1.29 is 19.5 Å². The summed E-state index contributed by atoms with van der Waals surface area (Å²) in [6.07, 6.45) is 1.56. The summed E-state index contributed by atoms with van der Waals surface area (Å²) < 4.78 is 0. The molecule has 2 saturated heterocycles. The lowest BCUT2D eigenvalue weighted by Crippen LogP contribution is -2.40. The Kier molecular flexibility index (Phi) is 3.46. The predicted molar refractivity (Wildman–Crippen MR) is 81.0 cm³/mol. The molecule has 0 bridgehead atoms. The highest BCUT2D eigenvalue weighted by atomic mass is 16.4. The molecule has 8 heteroatoms. The summed E-state index contributed by atoms with van der Waals surface area (Å²) in [7, 11) is 3.29. The van der Waals surface area contributed by atoms with Crippen LogP contribution in [0.5, 0.6) is 0 Å². The number of anilines is 1. The van der Waals surface area contributed by atoms with Crippen LogP contribution in [-0.4, -0.2) is 66.5 Å². The standard InChI is InChI=1S/C15H18N4O4/c1-18(2)13(21)9-4-3-5-16-11(9)19-6-10-12(20)17-7-15(10,8-19)14(22)23/h3-5,10H,6-8H2,1-2H3,(H,17,20)(H,22,23)/t10-,15+/m0/s1. The number of nitrogens with zero attached hydrogens (tertiary/aromatic N) is 3. The first-order valence-corrected chi connectivity index (χ1v) is 7.29. The van der Waals surface area contributed by atoms with Gasteiger partial charge >= 0.3 is 5.97 Å². The number of aromatic nitrogens is 1. The van der Waals surface area contributed by atoms with E-state index < -0.39 is 17.3 Å². The Morgan fingerprint density at radius 2 is 2.22 bits per heavy atom. The molecule has 0 aromatic carbocycles. The average Bonchev–Trinajstić information content (AvgIpc) is 3.05. The summed E-state index contributed by atoms with van der Waals surface area (Å²) >= 11 is 0. The number of rotatable bonds is 3. The van der Waals surface area contributed by atoms with Crippen molar-refractivity contribution >= 4 is 23.6 Å². The van der Waals surface area contributed by atoms with E-state index in [0.717, 1.165) is 0 Å². The Balaban J connectivity index is 1.98. The molecule has 3 rings (SSSR count). The zero-order valence-corrected chi connectivity index (χ0v) is 12.9. The van der Waals surface area contributed by atoms with E-state index in [9.17, 15) is 19.5 Å². The van der Waals surface area contributed by atoms with Gasteiger partial charge in [0.05, 0.1) is 11.5 Å². The molecule has 0 radical (unpaired) electrons. The minimum Gasteiger partial charge on any atom is -0.481 e. The monoisotopic (exact) mass is 318 g/mol. The van der Waals surface area contributed by atoms with Crippen LogP contribution in [0.15, 0.2) is 18.3 Å². The lowest BCUT2D eigenvalue weighted by molar-refractivity contribution is -0.149. The highest BCUT2D eigenvalue weighted by Crippen LogP contribution is 2.42. The van der Waals surface area contributed by atoms with Crippen molar-refractivity contribution in [2.45, 2.75) is 0 Å². The van der Waals surface area contributed by atoms with Crippen LogP contribution in [0.3, 0.4) is 0 Å². The van der Waals surface area contributed by atoms with E-state index in [1.165, 1.54) is 4.90 Å². The number of pyridine rings is 1. The Morgan fingerprint density at radius 1 is 1.48 bits per heavy atom. The van der Waals surface area contributed by atoms with Crippen LogP contribution < -0.4 is 10.2 Å². The van der Waals surface area contributed by atoms with E-state index >= 15 is 0 Å². The van der Waals surface area contributed by atoms with Gasteiger partial charge in [-0.25, -0.2) is 4.98 Å². The molecule has 2 N–H and O–H groups in total. The molecule has 3 heterocycles. The molecule has 8 nitrogen and oxygen atoms in total. The zero-order chi connectivity index (χ0) is 16.8. The first-order valence-electron chi connectivity index (χ1n) is 7.29. The molecular weight excluding hydrogens is 300 g/mol. The minimum absolute atomic E-state index is 0.103. The van der Waals surface area contributed by atoms with Crippen LogP contribution in [0.25, 0.3) is 0 Å². The number of carbonyl (C=O) groups excluding carboxylic acids is 2. The van der Waals surface area contributed by atoms with Gasteiger partial charge in [-0.05, 0) is 12.1 Å². The van der Waals surface area contributed by atoms with Gasteiger partial charge in [0.2, 0.25) is 5.91 Å². The third-order valence-corrected chi connectivity index (χ3v) is 4.59. The maximum atomic E-state index is 12.3. The van der Waals surface area contributed by atoms with Gasteiger partial charge in [-0.3, -0.25) is 14.4 Å². The second-order valence-electron chi connectivity index (χ2n) is 6.19. The summed E-state index contributed by atoms with van der Waals surface area (Å²) in [6.45, 7) is 0.492. The van der Waals surface area contributed by atoms with Gasteiger partial charge in [0.15, 0.2) is 0 Å². The Hall–Kier alpha value is -2.64. The molecule has 2 aliphatic rings. The SMILES string of the molecule is CN(C)C(=O)c1cccnc1N1C[C@H]2C(=O)NC[C@@]2(C(=O)O)C1. The number of carbonyl (C=O) groups is 3. The molecule has 1 aromatic rings. The molecule has 2 aliphatic heterocycles. The number of hydrogen-bond acceptors (Lipinski definition) is 5. The Bertz CT molecular complexity index is 690. The molecule has 0 unspecified atom stereocenters. The lowest BCUT2D eigenvalue weighted by Gasteiger charge is -2.24. The van der Waals surface area contributed by atoms with E-state index in [1.54, 1.807) is 37.3 Å². The van der Waals surface area contributed by atoms with Crippen LogP contribution in [0, 0.1) is 11.3 Å². The summed E-state index contributed by atoms with van der Waals surface area (Å²) in [5.74, 6) is -1.68. The van der Waals surface area contributed by atoms with E-state index in [4.69, 9.17) is 0 Å². The number of hydrogen-bond donors (Lipinski definition) is 2. The molecule has 23 heavy (non-hydrogen) atoms. The second-order valence-corrected chi connectivity index (χ2v) is 6.19. The number of aliphatic carboxylic acids is 1. The third-order valence-electron chi connectivity index (χ3n) is 4.59. The highest BCUT2D eigenvalue weighted by Gasteiger charge is 2.60. The van der Waals surface area contributed by atoms with Crippen molar-refractivity contribution in [3.05, 3.63) is 23.9 Å². The van der Waals surface area contributed by atoms with E-state index in [-0.39, 0.29) is 31.4 Å². The van der Waals surface area contributed by atoms with Gasteiger partial charge in [0.25, 0.3) is 5.91 Å². The van der Waals surface area contributed by atoms with Crippen molar-refractivity contribution in [3.63, 3.8) is 0 Å². The molecule has 1 aromatic heterocycles. The number of carboxylic acids is 1. The minimum atomic E-state index is -1.16. The quantitative estimate of drug-likeness (QED) is 0.773. The second kappa shape index (κ2) is 5.22. The van der Waals surface area contributed by atoms with Crippen molar-refractivity contribution in [1.82, 2.24) is 15.2 Å². The molecule has 0 aliphatic carbocycles. The first-order chi connectivity index (χ1) is 10.9. The van der Waals surface area contributed by atoms with E-state index in [1.807, 2.05) is 0 Å². The molecule has 0 spiro atoms. The Labute approximate surface area is 133 Å². The first kappa shape index (κ1) is 15.3. The van der Waals surface area contributed by atoms with Crippen LogP contribution >= 0.6 is 0 Å². The van der Waals surface area contributed by atoms with Gasteiger partial charge in [0, 0.05) is 39.9 Å². The smallest absolute Gasteiger partial charge is 0.314 e.